The van der Waals surface area contributed by atoms with Crippen LogP contribution in [0.2, 0.25) is 0 Å². The summed E-state index contributed by atoms with van der Waals surface area (Å²) in [7, 11) is 0. The highest BCUT2D eigenvalue weighted by Gasteiger charge is 2.36. The molecule has 12 heteroatoms. The molecule has 12 nitrogen and oxygen atoms in total. The van der Waals surface area contributed by atoms with Crippen molar-refractivity contribution in [3.63, 3.8) is 0 Å². The first-order valence-corrected chi connectivity index (χ1v) is 16.1. The van der Waals surface area contributed by atoms with Crippen molar-refractivity contribution in [1.29, 1.82) is 0 Å². The van der Waals surface area contributed by atoms with E-state index in [-0.39, 0.29) is 44.9 Å². The molecule has 0 spiro atoms. The van der Waals surface area contributed by atoms with Gasteiger partial charge in [0.25, 0.3) is 0 Å². The van der Waals surface area contributed by atoms with E-state index in [0.29, 0.717) is 12.8 Å². The molecule has 1 aliphatic rings. The number of carboxylic acid groups (broad SMARTS) is 1. The monoisotopic (exact) mass is 652 g/mol. The summed E-state index contributed by atoms with van der Waals surface area (Å²) in [6.07, 6.45) is -0.395. The van der Waals surface area contributed by atoms with Crippen LogP contribution in [0.15, 0.2) is 48.5 Å². The summed E-state index contributed by atoms with van der Waals surface area (Å²) < 4.78 is 10.9. The molecule has 0 aliphatic heterocycles. The van der Waals surface area contributed by atoms with E-state index in [1.807, 2.05) is 48.5 Å². The van der Waals surface area contributed by atoms with Gasteiger partial charge in [-0.15, -0.1) is 0 Å². The van der Waals surface area contributed by atoms with Crippen molar-refractivity contribution >= 4 is 30.0 Å². The standard InChI is InChI=1S/C35H48N4O8/c1-22(2)30(38-34(45)46-21-27-25-15-8-6-13-23(25)24-14-7-9-16-26(24)27)32(43)39(20-12-18-29(40)41)28(31(36)42)17-10-11-19-37-33(44)47-35(3,4)5/h6-9,13-16,22,27-28,30H,10-12,17-21H2,1-5H3,(H2,36,42)(H,37,44)(H,38,45)(H,40,41)/t28-,30-/m0/s1. The molecule has 0 saturated heterocycles. The number of alkyl carbamates (subject to hydrolysis) is 2. The van der Waals surface area contributed by atoms with Gasteiger partial charge in [-0.3, -0.25) is 14.4 Å². The van der Waals surface area contributed by atoms with Crippen molar-refractivity contribution in [3.8, 4) is 11.1 Å². The molecule has 0 aromatic heterocycles. The molecule has 2 aromatic rings. The second-order valence-corrected chi connectivity index (χ2v) is 13.1. The van der Waals surface area contributed by atoms with Gasteiger partial charge in [0.1, 0.15) is 24.3 Å². The highest BCUT2D eigenvalue weighted by Crippen LogP contribution is 2.44. The summed E-state index contributed by atoms with van der Waals surface area (Å²) in [5.74, 6) is -2.92. The van der Waals surface area contributed by atoms with Gasteiger partial charge in [-0.05, 0) is 74.6 Å². The second kappa shape index (κ2) is 16.8. The third kappa shape index (κ3) is 10.7. The van der Waals surface area contributed by atoms with Crippen LogP contribution in [0.4, 0.5) is 9.59 Å². The van der Waals surface area contributed by atoms with E-state index in [0.717, 1.165) is 22.3 Å². The summed E-state index contributed by atoms with van der Waals surface area (Å²) in [5, 5.41) is 14.5. The van der Waals surface area contributed by atoms with Crippen LogP contribution in [0.25, 0.3) is 11.1 Å². The number of rotatable bonds is 16. The summed E-state index contributed by atoms with van der Waals surface area (Å²) in [6, 6.07) is 13.8. The zero-order chi connectivity index (χ0) is 34.7. The SMILES string of the molecule is CC(C)[C@H](NC(=O)OCC1c2ccccc2-c2ccccc21)C(=O)N(CCCC(=O)O)[C@@H](CCCCNC(=O)OC(C)(C)C)C(N)=O. The minimum atomic E-state index is -1.06. The number of hydrogen-bond donors (Lipinski definition) is 4. The number of primary amides is 1. The maximum Gasteiger partial charge on any atom is 0.407 e. The lowest BCUT2D eigenvalue weighted by molar-refractivity contribution is -0.143. The Morgan fingerprint density at radius 3 is 2.04 bits per heavy atom. The van der Waals surface area contributed by atoms with Crippen molar-refractivity contribution in [1.82, 2.24) is 15.5 Å². The van der Waals surface area contributed by atoms with Gasteiger partial charge in [-0.2, -0.15) is 0 Å². The quantitative estimate of drug-likeness (QED) is 0.187. The molecule has 0 radical (unpaired) electrons. The molecular weight excluding hydrogens is 604 g/mol. The summed E-state index contributed by atoms with van der Waals surface area (Å²) >= 11 is 0. The molecule has 0 fully saturated rings. The molecule has 256 valence electrons. The van der Waals surface area contributed by atoms with Crippen LogP contribution in [0.5, 0.6) is 0 Å². The minimum absolute atomic E-state index is 0.0511. The van der Waals surface area contributed by atoms with Crippen LogP contribution < -0.4 is 16.4 Å². The predicted octanol–water partition coefficient (Wildman–Crippen LogP) is 4.79. The lowest BCUT2D eigenvalue weighted by Crippen LogP contribution is -2.57. The second-order valence-electron chi connectivity index (χ2n) is 13.1. The number of amides is 4. The number of carbonyl (C=O) groups excluding carboxylic acids is 4. The van der Waals surface area contributed by atoms with Gasteiger partial charge in [0.05, 0.1) is 0 Å². The van der Waals surface area contributed by atoms with E-state index >= 15 is 0 Å². The molecular formula is C35H48N4O8. The Morgan fingerprint density at radius 2 is 1.51 bits per heavy atom. The van der Waals surface area contributed by atoms with Crippen LogP contribution in [0, 0.1) is 5.92 Å². The van der Waals surface area contributed by atoms with Crippen molar-refractivity contribution < 1.29 is 38.6 Å². The number of nitrogens with one attached hydrogen (secondary N) is 2. The topological polar surface area (TPSA) is 177 Å². The number of nitrogens with zero attached hydrogens (tertiary/aromatic N) is 1. The molecule has 2 aromatic carbocycles. The van der Waals surface area contributed by atoms with Crippen molar-refractivity contribution in [3.05, 3.63) is 59.7 Å². The summed E-state index contributed by atoms with van der Waals surface area (Å²) in [4.78, 5) is 64.2. The first-order chi connectivity index (χ1) is 22.2. The van der Waals surface area contributed by atoms with Crippen molar-refractivity contribution in [2.75, 3.05) is 19.7 Å². The fourth-order valence-electron chi connectivity index (χ4n) is 5.70. The van der Waals surface area contributed by atoms with Gasteiger partial charge in [-0.25, -0.2) is 9.59 Å². The van der Waals surface area contributed by atoms with Crippen LogP contribution in [-0.4, -0.2) is 77.4 Å². The lowest BCUT2D eigenvalue weighted by Gasteiger charge is -2.34. The number of carbonyl (C=O) groups is 5. The van der Waals surface area contributed by atoms with Gasteiger partial charge in [0.15, 0.2) is 0 Å². The fourth-order valence-corrected chi connectivity index (χ4v) is 5.70. The Hall–Kier alpha value is -4.61. The molecule has 0 unspecified atom stereocenters. The highest BCUT2D eigenvalue weighted by molar-refractivity contribution is 5.91. The Kier molecular flexibility index (Phi) is 13.2. The first-order valence-electron chi connectivity index (χ1n) is 16.1. The molecule has 0 bridgehead atoms. The number of carboxylic acids is 1. The van der Waals surface area contributed by atoms with Gasteiger partial charge >= 0.3 is 18.2 Å². The number of hydrogen-bond acceptors (Lipinski definition) is 7. The van der Waals surface area contributed by atoms with Gasteiger partial charge < -0.3 is 35.8 Å². The normalized spacial score (nSPS) is 13.6. The van der Waals surface area contributed by atoms with E-state index in [9.17, 15) is 29.1 Å². The Morgan fingerprint density at radius 1 is 0.915 bits per heavy atom. The molecule has 2 atom stereocenters. The fraction of sp³-hybridized carbons (Fsp3) is 0.514. The third-order valence-electron chi connectivity index (χ3n) is 7.90. The number of benzene rings is 2. The Balaban J connectivity index is 1.68. The van der Waals surface area contributed by atoms with Crippen LogP contribution in [0.1, 0.15) is 83.8 Å². The number of fused-ring (bicyclic) bond motifs is 3. The number of nitrogens with two attached hydrogens (primary N) is 1. The van der Waals surface area contributed by atoms with Crippen LogP contribution >= 0.6 is 0 Å². The first kappa shape index (κ1) is 36.9. The average Bonchev–Trinajstić information content (AvgIpc) is 3.31. The van der Waals surface area contributed by atoms with Crippen molar-refractivity contribution in [2.45, 2.75) is 90.3 Å². The number of unbranched alkanes of at least 4 members (excludes halogenated alkanes) is 1. The molecule has 3 rings (SSSR count). The lowest BCUT2D eigenvalue weighted by atomic mass is 9.98. The zero-order valence-electron chi connectivity index (χ0n) is 27.9. The zero-order valence-corrected chi connectivity index (χ0v) is 27.9. The van der Waals surface area contributed by atoms with Crippen LogP contribution in [0.3, 0.4) is 0 Å². The third-order valence-corrected chi connectivity index (χ3v) is 7.90. The molecule has 0 heterocycles. The molecule has 5 N–H and O–H groups in total. The van der Waals surface area contributed by atoms with E-state index in [2.05, 4.69) is 10.6 Å². The van der Waals surface area contributed by atoms with Gasteiger partial charge in [0, 0.05) is 25.4 Å². The Bertz CT molecular complexity index is 1370. The van der Waals surface area contributed by atoms with Crippen molar-refractivity contribution in [2.24, 2.45) is 11.7 Å². The largest absolute Gasteiger partial charge is 0.481 e. The smallest absolute Gasteiger partial charge is 0.407 e. The number of aliphatic carboxylic acids is 1. The van der Waals surface area contributed by atoms with E-state index in [1.165, 1.54) is 4.90 Å². The molecule has 4 amide bonds. The maximum absolute atomic E-state index is 14.0. The van der Waals surface area contributed by atoms with E-state index < -0.39 is 53.6 Å². The molecule has 47 heavy (non-hydrogen) atoms. The van der Waals surface area contributed by atoms with Gasteiger partial charge in [-0.1, -0.05) is 62.4 Å². The van der Waals surface area contributed by atoms with E-state index in [1.54, 1.807) is 34.6 Å². The highest BCUT2D eigenvalue weighted by atomic mass is 16.6. The van der Waals surface area contributed by atoms with Gasteiger partial charge in [0.2, 0.25) is 11.8 Å². The van der Waals surface area contributed by atoms with E-state index in [4.69, 9.17) is 15.2 Å². The predicted molar refractivity (Wildman–Crippen MR) is 176 cm³/mol. The molecule has 1 aliphatic carbocycles. The molecule has 0 saturated carbocycles. The van der Waals surface area contributed by atoms with Crippen LogP contribution in [-0.2, 0) is 23.9 Å². The number of ether oxygens (including phenoxy) is 2. The minimum Gasteiger partial charge on any atom is -0.481 e. The summed E-state index contributed by atoms with van der Waals surface area (Å²) in [6.45, 7) is 9.07. The summed E-state index contributed by atoms with van der Waals surface area (Å²) in [5.41, 5.74) is 9.39. The Labute approximate surface area is 276 Å². The average molecular weight is 653 g/mol. The maximum atomic E-state index is 14.0.